The molecule has 0 saturated carbocycles. The first-order valence-corrected chi connectivity index (χ1v) is 17.8. The van der Waals surface area contributed by atoms with Crippen molar-refractivity contribution in [1.82, 2.24) is 9.97 Å². The zero-order valence-electron chi connectivity index (χ0n) is 28.2. The van der Waals surface area contributed by atoms with E-state index >= 15 is 0 Å². The second-order valence-electron chi connectivity index (χ2n) is 13.7. The summed E-state index contributed by atoms with van der Waals surface area (Å²) in [6.45, 7) is 0. The van der Waals surface area contributed by atoms with Crippen LogP contribution in [0.2, 0.25) is 0 Å². The van der Waals surface area contributed by atoms with Crippen LogP contribution >= 0.6 is 0 Å². The molecule has 0 unspecified atom stereocenters. The summed E-state index contributed by atoms with van der Waals surface area (Å²) < 4.78 is 0. The molecule has 0 atom stereocenters. The maximum Gasteiger partial charge on any atom is 0.160 e. The summed E-state index contributed by atoms with van der Waals surface area (Å²) in [5.41, 5.74) is 14.6. The Labute approximate surface area is 302 Å². The van der Waals surface area contributed by atoms with Gasteiger partial charge in [-0.3, -0.25) is 0 Å². The van der Waals surface area contributed by atoms with Crippen molar-refractivity contribution in [2.24, 2.45) is 0 Å². The third-order valence-electron chi connectivity index (χ3n) is 11.1. The summed E-state index contributed by atoms with van der Waals surface area (Å²) in [7, 11) is 0. The zero-order chi connectivity index (χ0) is 34.2. The SMILES string of the molecule is c1ccc(N2c3ccccc3C3(c4ccccc4-c4ccccc43)c3ccc(-c4nc(-c5cccc6ccccc56)c5ccccc5n4)cc32)cc1. The van der Waals surface area contributed by atoms with Gasteiger partial charge in [-0.1, -0.05) is 158 Å². The van der Waals surface area contributed by atoms with Crippen LogP contribution in [-0.2, 0) is 5.41 Å². The summed E-state index contributed by atoms with van der Waals surface area (Å²) in [6, 6.07) is 67.8. The van der Waals surface area contributed by atoms with Gasteiger partial charge in [0.2, 0.25) is 0 Å². The molecule has 52 heavy (non-hydrogen) atoms. The van der Waals surface area contributed by atoms with Crippen molar-refractivity contribution < 1.29 is 0 Å². The van der Waals surface area contributed by atoms with Gasteiger partial charge in [-0.05, 0) is 74.5 Å². The number of benzene rings is 8. The molecule has 1 aliphatic carbocycles. The second kappa shape index (κ2) is 11.1. The molecule has 1 aromatic heterocycles. The van der Waals surface area contributed by atoms with E-state index in [1.165, 1.54) is 49.8 Å². The summed E-state index contributed by atoms with van der Waals surface area (Å²) in [5, 5.41) is 3.41. The normalized spacial score (nSPS) is 13.5. The smallest absolute Gasteiger partial charge is 0.160 e. The van der Waals surface area contributed by atoms with E-state index in [9.17, 15) is 0 Å². The number of fused-ring (bicyclic) bond motifs is 11. The van der Waals surface area contributed by atoms with E-state index < -0.39 is 5.41 Å². The van der Waals surface area contributed by atoms with Gasteiger partial charge in [0, 0.05) is 22.2 Å². The zero-order valence-corrected chi connectivity index (χ0v) is 28.2. The summed E-state index contributed by atoms with van der Waals surface area (Å²) in [6.07, 6.45) is 0. The van der Waals surface area contributed by atoms with E-state index in [4.69, 9.17) is 9.97 Å². The number of para-hydroxylation sites is 3. The van der Waals surface area contributed by atoms with Gasteiger partial charge in [0.1, 0.15) is 0 Å². The molecule has 0 amide bonds. The quantitative estimate of drug-likeness (QED) is 0.189. The topological polar surface area (TPSA) is 29.0 Å². The van der Waals surface area contributed by atoms with Crippen LogP contribution < -0.4 is 4.90 Å². The highest BCUT2D eigenvalue weighted by Gasteiger charge is 2.51. The lowest BCUT2D eigenvalue weighted by Gasteiger charge is -2.45. The summed E-state index contributed by atoms with van der Waals surface area (Å²) in [4.78, 5) is 13.1. The van der Waals surface area contributed by atoms with Crippen molar-refractivity contribution in [1.29, 1.82) is 0 Å². The highest BCUT2D eigenvalue weighted by molar-refractivity contribution is 6.04. The van der Waals surface area contributed by atoms with Gasteiger partial charge in [-0.15, -0.1) is 0 Å². The Morgan fingerprint density at radius 1 is 0.404 bits per heavy atom. The molecular weight excluding hydrogens is 631 g/mol. The first-order chi connectivity index (χ1) is 25.8. The van der Waals surface area contributed by atoms with Gasteiger partial charge in [0.05, 0.1) is 28.0 Å². The van der Waals surface area contributed by atoms with Gasteiger partial charge in [0.25, 0.3) is 0 Å². The number of aromatic nitrogens is 2. The van der Waals surface area contributed by atoms with Crippen molar-refractivity contribution in [3.63, 3.8) is 0 Å². The maximum absolute atomic E-state index is 5.41. The van der Waals surface area contributed by atoms with E-state index in [1.807, 2.05) is 0 Å². The van der Waals surface area contributed by atoms with Crippen LogP contribution in [0.5, 0.6) is 0 Å². The highest BCUT2D eigenvalue weighted by Crippen LogP contribution is 2.63. The fraction of sp³-hybridized carbons (Fsp3) is 0.0204. The first kappa shape index (κ1) is 28.9. The Morgan fingerprint density at radius 2 is 1.00 bits per heavy atom. The van der Waals surface area contributed by atoms with Crippen LogP contribution in [0.4, 0.5) is 17.1 Å². The van der Waals surface area contributed by atoms with Gasteiger partial charge in [-0.25, -0.2) is 9.97 Å². The van der Waals surface area contributed by atoms with Crippen molar-refractivity contribution in [2.75, 3.05) is 4.90 Å². The van der Waals surface area contributed by atoms with Crippen molar-refractivity contribution in [2.45, 2.75) is 5.41 Å². The van der Waals surface area contributed by atoms with E-state index in [2.05, 4.69) is 193 Å². The van der Waals surface area contributed by atoms with Crippen molar-refractivity contribution >= 4 is 38.7 Å². The molecule has 11 rings (SSSR count). The Morgan fingerprint density at radius 3 is 1.81 bits per heavy atom. The molecule has 9 aromatic rings. The number of hydrogen-bond donors (Lipinski definition) is 0. The molecule has 0 bridgehead atoms. The fourth-order valence-electron chi connectivity index (χ4n) is 8.95. The predicted molar refractivity (Wildman–Crippen MR) is 213 cm³/mol. The molecule has 1 spiro atoms. The lowest BCUT2D eigenvalue weighted by Crippen LogP contribution is -2.36. The first-order valence-electron chi connectivity index (χ1n) is 17.8. The lowest BCUT2D eigenvalue weighted by atomic mass is 9.64. The molecule has 0 radical (unpaired) electrons. The Bertz CT molecular complexity index is 2820. The van der Waals surface area contributed by atoms with Gasteiger partial charge < -0.3 is 4.90 Å². The third kappa shape index (κ3) is 3.96. The minimum Gasteiger partial charge on any atom is -0.310 e. The molecule has 0 fully saturated rings. The Balaban J connectivity index is 1.22. The van der Waals surface area contributed by atoms with Crippen LogP contribution in [-0.4, -0.2) is 9.97 Å². The van der Waals surface area contributed by atoms with E-state index in [0.717, 1.165) is 39.1 Å². The van der Waals surface area contributed by atoms with Crippen LogP contribution in [0.1, 0.15) is 22.3 Å². The van der Waals surface area contributed by atoms with E-state index in [0.29, 0.717) is 5.82 Å². The van der Waals surface area contributed by atoms with Crippen LogP contribution in [0, 0.1) is 0 Å². The summed E-state index contributed by atoms with van der Waals surface area (Å²) >= 11 is 0. The number of rotatable bonds is 3. The molecule has 2 heterocycles. The molecule has 8 aromatic carbocycles. The second-order valence-corrected chi connectivity index (χ2v) is 13.7. The van der Waals surface area contributed by atoms with Crippen LogP contribution in [0.25, 0.3) is 55.4 Å². The predicted octanol–water partition coefficient (Wildman–Crippen LogP) is 12.3. The maximum atomic E-state index is 5.41. The molecule has 1 aliphatic heterocycles. The largest absolute Gasteiger partial charge is 0.310 e. The molecule has 242 valence electrons. The van der Waals surface area contributed by atoms with Crippen molar-refractivity contribution in [3.8, 4) is 33.8 Å². The molecular formula is C49H31N3. The summed E-state index contributed by atoms with van der Waals surface area (Å²) in [5.74, 6) is 0.706. The minimum atomic E-state index is -0.499. The van der Waals surface area contributed by atoms with Crippen LogP contribution in [0.15, 0.2) is 188 Å². The van der Waals surface area contributed by atoms with Gasteiger partial charge >= 0.3 is 0 Å². The number of hydrogen-bond acceptors (Lipinski definition) is 3. The van der Waals surface area contributed by atoms with E-state index in [-0.39, 0.29) is 0 Å². The number of anilines is 3. The molecule has 0 N–H and O–H groups in total. The van der Waals surface area contributed by atoms with Gasteiger partial charge in [-0.2, -0.15) is 0 Å². The monoisotopic (exact) mass is 661 g/mol. The third-order valence-corrected chi connectivity index (χ3v) is 11.1. The standard InChI is InChI=1S/C49H31N3/c1-2-17-34(18-3-1)52-45-28-13-11-26-42(45)49(40-24-9-6-20-36(40)37-21-7-10-25-41(37)49)43-30-29-33(31-46(43)52)48-50-44-27-12-8-22-39(44)47(51-48)38-23-14-16-32-15-4-5-19-35(32)38/h1-31H. The molecule has 3 heteroatoms. The fourth-order valence-corrected chi connectivity index (χ4v) is 8.95. The average molecular weight is 662 g/mol. The Kier molecular flexibility index (Phi) is 6.17. The highest BCUT2D eigenvalue weighted by atomic mass is 15.2. The molecule has 2 aliphatic rings. The van der Waals surface area contributed by atoms with Crippen molar-refractivity contribution in [3.05, 3.63) is 210 Å². The minimum absolute atomic E-state index is 0.499. The van der Waals surface area contributed by atoms with Gasteiger partial charge in [0.15, 0.2) is 5.82 Å². The Hall–Kier alpha value is -6.84. The number of nitrogens with zero attached hydrogens (tertiary/aromatic N) is 3. The molecule has 3 nitrogen and oxygen atoms in total. The molecule has 0 saturated heterocycles. The van der Waals surface area contributed by atoms with E-state index in [1.54, 1.807) is 0 Å². The lowest BCUT2D eigenvalue weighted by molar-refractivity contribution is 0.753. The average Bonchev–Trinajstić information content (AvgIpc) is 3.51. The van der Waals surface area contributed by atoms with Crippen LogP contribution in [0.3, 0.4) is 0 Å².